The third-order valence-corrected chi connectivity index (χ3v) is 6.00. The molecule has 22 heavy (non-hydrogen) atoms. The van der Waals surface area contributed by atoms with E-state index < -0.39 is 21.6 Å². The molecule has 1 heterocycles. The van der Waals surface area contributed by atoms with Gasteiger partial charge in [-0.2, -0.15) is 0 Å². The Morgan fingerprint density at radius 2 is 1.95 bits per heavy atom. The average molecular weight is 340 g/mol. The normalized spacial score (nSPS) is 17.6. The lowest BCUT2D eigenvalue weighted by atomic mass is 10.1. The molecular formula is C16H15ClFNO2S. The topological polar surface area (TPSA) is 37.4 Å². The predicted octanol–water partition coefficient (Wildman–Crippen LogP) is 3.76. The fourth-order valence-corrected chi connectivity index (χ4v) is 5.09. The van der Waals surface area contributed by atoms with Gasteiger partial charge in [0.2, 0.25) is 10.0 Å². The molecule has 0 saturated heterocycles. The highest BCUT2D eigenvalue weighted by molar-refractivity contribution is 7.92. The van der Waals surface area contributed by atoms with E-state index in [1.54, 1.807) is 12.1 Å². The number of rotatable bonds is 3. The van der Waals surface area contributed by atoms with E-state index in [2.05, 4.69) is 0 Å². The van der Waals surface area contributed by atoms with Gasteiger partial charge in [0.15, 0.2) is 0 Å². The molecule has 0 radical (unpaired) electrons. The standard InChI is InChI=1S/C16H15ClFNO2S/c1-11-9-12-5-2-3-8-16(12)19(11)22(20,21)10-13-14(17)6-4-7-15(13)18/h2-8,11H,9-10H2,1H3/t11-/m1/s1. The largest absolute Gasteiger partial charge is 0.267 e. The minimum atomic E-state index is -3.71. The first-order valence-corrected chi connectivity index (χ1v) is 8.92. The van der Waals surface area contributed by atoms with Crippen LogP contribution in [-0.4, -0.2) is 14.5 Å². The monoisotopic (exact) mass is 339 g/mol. The molecular weight excluding hydrogens is 325 g/mol. The van der Waals surface area contributed by atoms with Gasteiger partial charge in [-0.3, -0.25) is 4.31 Å². The van der Waals surface area contributed by atoms with E-state index in [1.807, 2.05) is 19.1 Å². The molecule has 2 aromatic rings. The zero-order chi connectivity index (χ0) is 15.9. The van der Waals surface area contributed by atoms with Crippen LogP contribution in [-0.2, 0) is 22.2 Å². The summed E-state index contributed by atoms with van der Waals surface area (Å²) in [5, 5.41) is 0.128. The van der Waals surface area contributed by atoms with E-state index in [0.29, 0.717) is 12.1 Å². The van der Waals surface area contributed by atoms with Gasteiger partial charge < -0.3 is 0 Å². The molecule has 3 nitrogen and oxygen atoms in total. The van der Waals surface area contributed by atoms with Crippen LogP contribution in [0.2, 0.25) is 5.02 Å². The third-order valence-electron chi connectivity index (χ3n) is 3.83. The van der Waals surface area contributed by atoms with Crippen molar-refractivity contribution in [1.82, 2.24) is 0 Å². The van der Waals surface area contributed by atoms with Gasteiger partial charge in [0.25, 0.3) is 0 Å². The molecule has 0 spiro atoms. The molecule has 6 heteroatoms. The maximum atomic E-state index is 13.9. The van der Waals surface area contributed by atoms with E-state index in [9.17, 15) is 12.8 Å². The number of hydrogen-bond donors (Lipinski definition) is 0. The highest BCUT2D eigenvalue weighted by Gasteiger charge is 2.35. The molecule has 1 aliphatic rings. The molecule has 0 fully saturated rings. The number of benzene rings is 2. The van der Waals surface area contributed by atoms with Crippen molar-refractivity contribution in [3.8, 4) is 0 Å². The van der Waals surface area contributed by atoms with Crippen molar-refractivity contribution >= 4 is 27.3 Å². The van der Waals surface area contributed by atoms with Crippen molar-refractivity contribution in [3.05, 3.63) is 64.4 Å². The molecule has 1 atom stereocenters. The SMILES string of the molecule is C[C@@H]1Cc2ccccc2N1S(=O)(=O)Cc1c(F)cccc1Cl. The van der Waals surface area contributed by atoms with Crippen molar-refractivity contribution in [2.75, 3.05) is 4.31 Å². The van der Waals surface area contributed by atoms with Gasteiger partial charge >= 0.3 is 0 Å². The molecule has 0 N–H and O–H groups in total. The predicted molar refractivity (Wildman–Crippen MR) is 86.1 cm³/mol. The fraction of sp³-hybridized carbons (Fsp3) is 0.250. The van der Waals surface area contributed by atoms with Crippen LogP contribution in [0.5, 0.6) is 0 Å². The molecule has 0 aliphatic carbocycles. The van der Waals surface area contributed by atoms with Gasteiger partial charge in [0, 0.05) is 16.6 Å². The van der Waals surface area contributed by atoms with Crippen molar-refractivity contribution in [2.45, 2.75) is 25.1 Å². The van der Waals surface area contributed by atoms with Gasteiger partial charge in [-0.05, 0) is 37.1 Å². The van der Waals surface area contributed by atoms with Crippen LogP contribution < -0.4 is 4.31 Å². The van der Waals surface area contributed by atoms with Gasteiger partial charge in [-0.15, -0.1) is 0 Å². The second kappa shape index (κ2) is 5.56. The van der Waals surface area contributed by atoms with Crippen LogP contribution in [0.3, 0.4) is 0 Å². The van der Waals surface area contributed by atoms with E-state index in [-0.39, 0.29) is 16.6 Å². The third kappa shape index (κ3) is 2.59. The second-order valence-electron chi connectivity index (χ2n) is 5.43. The number of hydrogen-bond acceptors (Lipinski definition) is 2. The van der Waals surface area contributed by atoms with Gasteiger partial charge in [0.1, 0.15) is 5.82 Å². The Bertz CT molecular complexity index is 802. The van der Waals surface area contributed by atoms with Crippen molar-refractivity contribution in [3.63, 3.8) is 0 Å². The van der Waals surface area contributed by atoms with Crippen LogP contribution in [0.15, 0.2) is 42.5 Å². The van der Waals surface area contributed by atoms with Crippen molar-refractivity contribution in [2.24, 2.45) is 0 Å². The van der Waals surface area contributed by atoms with Gasteiger partial charge in [-0.1, -0.05) is 35.9 Å². The molecule has 0 amide bonds. The zero-order valence-corrected chi connectivity index (χ0v) is 13.5. The lowest BCUT2D eigenvalue weighted by Gasteiger charge is -2.24. The number of nitrogens with zero attached hydrogens (tertiary/aromatic N) is 1. The number of fused-ring (bicyclic) bond motifs is 1. The summed E-state index contributed by atoms with van der Waals surface area (Å²) in [5.41, 5.74) is 1.67. The zero-order valence-electron chi connectivity index (χ0n) is 12.0. The fourth-order valence-electron chi connectivity index (χ4n) is 2.88. The Hall–Kier alpha value is -1.59. The smallest absolute Gasteiger partial charge is 0.239 e. The molecule has 1 aliphatic heterocycles. The number of halogens is 2. The lowest BCUT2D eigenvalue weighted by Crippen LogP contribution is -2.36. The summed E-state index contributed by atoms with van der Waals surface area (Å²) >= 11 is 5.96. The van der Waals surface area contributed by atoms with Crippen molar-refractivity contribution < 1.29 is 12.8 Å². The summed E-state index contributed by atoms with van der Waals surface area (Å²) in [4.78, 5) is 0. The minimum Gasteiger partial charge on any atom is -0.267 e. The Morgan fingerprint density at radius 1 is 1.23 bits per heavy atom. The summed E-state index contributed by atoms with van der Waals surface area (Å²) < 4.78 is 40.8. The molecule has 3 rings (SSSR count). The summed E-state index contributed by atoms with van der Waals surface area (Å²) in [6, 6.07) is 11.4. The number of anilines is 1. The first kappa shape index (κ1) is 15.3. The molecule has 2 aromatic carbocycles. The molecule has 116 valence electrons. The highest BCUT2D eigenvalue weighted by atomic mass is 35.5. The maximum Gasteiger partial charge on any atom is 0.239 e. The minimum absolute atomic E-state index is 0.0146. The first-order chi connectivity index (χ1) is 10.4. The van der Waals surface area contributed by atoms with Gasteiger partial charge in [-0.25, -0.2) is 12.8 Å². The number of para-hydroxylation sites is 1. The van der Waals surface area contributed by atoms with Crippen LogP contribution >= 0.6 is 11.6 Å². The Kier molecular flexibility index (Phi) is 3.87. The molecule has 0 unspecified atom stereocenters. The Balaban J connectivity index is 2.01. The van der Waals surface area contributed by atoms with E-state index >= 15 is 0 Å². The summed E-state index contributed by atoms with van der Waals surface area (Å²) in [5.74, 6) is -1.05. The summed E-state index contributed by atoms with van der Waals surface area (Å²) in [6.45, 7) is 1.85. The van der Waals surface area contributed by atoms with Crippen LogP contribution in [0.25, 0.3) is 0 Å². The highest BCUT2D eigenvalue weighted by Crippen LogP contribution is 2.36. The van der Waals surface area contributed by atoms with Gasteiger partial charge in [0.05, 0.1) is 11.4 Å². The molecule has 0 saturated carbocycles. The van der Waals surface area contributed by atoms with E-state index in [0.717, 1.165) is 5.56 Å². The Labute approximate surface area is 134 Å². The quantitative estimate of drug-likeness (QED) is 0.853. The summed E-state index contributed by atoms with van der Waals surface area (Å²) in [6.07, 6.45) is 0.653. The van der Waals surface area contributed by atoms with Crippen LogP contribution in [0.1, 0.15) is 18.1 Å². The second-order valence-corrected chi connectivity index (χ2v) is 7.69. The summed E-state index contributed by atoms with van der Waals surface area (Å²) in [7, 11) is -3.71. The van der Waals surface area contributed by atoms with Crippen LogP contribution in [0.4, 0.5) is 10.1 Å². The first-order valence-electron chi connectivity index (χ1n) is 6.93. The molecule has 0 bridgehead atoms. The van der Waals surface area contributed by atoms with E-state index in [4.69, 9.17) is 11.6 Å². The van der Waals surface area contributed by atoms with Crippen molar-refractivity contribution in [1.29, 1.82) is 0 Å². The molecule has 0 aromatic heterocycles. The van der Waals surface area contributed by atoms with E-state index in [1.165, 1.54) is 22.5 Å². The Morgan fingerprint density at radius 3 is 2.68 bits per heavy atom. The number of sulfonamides is 1. The maximum absolute atomic E-state index is 13.9. The lowest BCUT2D eigenvalue weighted by molar-refractivity contribution is 0.577. The van der Waals surface area contributed by atoms with Crippen LogP contribution in [0, 0.1) is 5.82 Å². The average Bonchev–Trinajstić information content (AvgIpc) is 2.79.